The van der Waals surface area contributed by atoms with E-state index >= 15 is 0 Å². The quantitative estimate of drug-likeness (QED) is 0.387. The lowest BCUT2D eigenvalue weighted by Gasteiger charge is -2.10. The minimum Gasteiger partial charge on any atom is -0.496 e. The number of H-pyrrole nitrogens is 1. The summed E-state index contributed by atoms with van der Waals surface area (Å²) in [5.41, 5.74) is 8.27. The van der Waals surface area contributed by atoms with Gasteiger partial charge in [-0.05, 0) is 48.7 Å². The van der Waals surface area contributed by atoms with Gasteiger partial charge in [-0.1, -0.05) is 12.1 Å². The molecular formula is C24H23FN6O4. The zero-order chi connectivity index (χ0) is 24.5. The molecule has 1 fully saturated rings. The number of nitrogens with one attached hydrogen (secondary N) is 2. The highest BCUT2D eigenvalue weighted by atomic mass is 19.1. The number of anilines is 1. The number of nitrogens with two attached hydrogens (primary N) is 1. The first kappa shape index (κ1) is 22.5. The summed E-state index contributed by atoms with van der Waals surface area (Å²) in [5, 5.41) is 14.1. The molecule has 0 aliphatic carbocycles. The number of aromatic amines is 1. The molecule has 1 saturated heterocycles. The van der Waals surface area contributed by atoms with Gasteiger partial charge in [0.15, 0.2) is 5.82 Å². The van der Waals surface area contributed by atoms with Crippen molar-refractivity contribution in [3.8, 4) is 11.4 Å². The van der Waals surface area contributed by atoms with Gasteiger partial charge in [0.05, 0.1) is 23.7 Å². The molecule has 11 heteroatoms. The van der Waals surface area contributed by atoms with Gasteiger partial charge in [0.2, 0.25) is 0 Å². The number of rotatable bonds is 6. The summed E-state index contributed by atoms with van der Waals surface area (Å²) in [6.07, 6.45) is 1.37. The summed E-state index contributed by atoms with van der Waals surface area (Å²) in [7, 11) is 1.42. The lowest BCUT2D eigenvalue weighted by molar-refractivity contribution is 0.0947. The SMILES string of the molecule is COc1ccc(F)cc1C(=O)NCc1ccc(-n2nc(C3CCCO3)c3c(=O)[nH]nc(N)c32)cc1. The highest BCUT2D eigenvalue weighted by Gasteiger charge is 2.27. The second-order valence-corrected chi connectivity index (χ2v) is 8.15. The van der Waals surface area contributed by atoms with Gasteiger partial charge >= 0.3 is 0 Å². The second-order valence-electron chi connectivity index (χ2n) is 8.15. The Hall–Kier alpha value is -4.25. The Morgan fingerprint density at radius 2 is 2.11 bits per heavy atom. The van der Waals surface area contributed by atoms with Crippen LogP contribution >= 0.6 is 0 Å². The van der Waals surface area contributed by atoms with E-state index in [1.807, 2.05) is 12.1 Å². The van der Waals surface area contributed by atoms with Crippen LogP contribution in [0.2, 0.25) is 0 Å². The minimum atomic E-state index is -0.526. The van der Waals surface area contributed by atoms with Crippen molar-refractivity contribution in [1.29, 1.82) is 0 Å². The van der Waals surface area contributed by atoms with E-state index in [4.69, 9.17) is 15.2 Å². The van der Waals surface area contributed by atoms with Crippen LogP contribution in [-0.4, -0.2) is 39.6 Å². The zero-order valence-corrected chi connectivity index (χ0v) is 18.9. The summed E-state index contributed by atoms with van der Waals surface area (Å²) < 4.78 is 26.1. The molecular weight excluding hydrogens is 455 g/mol. The number of methoxy groups -OCH3 is 1. The normalized spacial score (nSPS) is 15.4. The third kappa shape index (κ3) is 4.21. The summed E-state index contributed by atoms with van der Waals surface area (Å²) >= 11 is 0. The molecule has 5 rings (SSSR count). The van der Waals surface area contributed by atoms with Crippen LogP contribution in [0, 0.1) is 5.82 Å². The monoisotopic (exact) mass is 478 g/mol. The predicted octanol–water partition coefficient (Wildman–Crippen LogP) is 2.62. The molecule has 35 heavy (non-hydrogen) atoms. The van der Waals surface area contributed by atoms with Gasteiger partial charge < -0.3 is 20.5 Å². The zero-order valence-electron chi connectivity index (χ0n) is 18.9. The van der Waals surface area contributed by atoms with Gasteiger partial charge in [-0.25, -0.2) is 14.2 Å². The molecule has 2 aromatic carbocycles. The van der Waals surface area contributed by atoms with Crippen LogP contribution in [0.4, 0.5) is 10.2 Å². The topological polar surface area (TPSA) is 137 Å². The summed E-state index contributed by atoms with van der Waals surface area (Å²) in [4.78, 5) is 25.1. The molecule has 2 aromatic heterocycles. The van der Waals surface area contributed by atoms with Crippen molar-refractivity contribution in [2.24, 2.45) is 0 Å². The van der Waals surface area contributed by atoms with Gasteiger partial charge in [0.25, 0.3) is 11.5 Å². The van der Waals surface area contributed by atoms with Gasteiger partial charge in [-0.3, -0.25) is 9.59 Å². The number of carbonyl (C=O) groups excluding carboxylic acids is 1. The van der Waals surface area contributed by atoms with Crippen molar-refractivity contribution in [2.45, 2.75) is 25.5 Å². The first-order chi connectivity index (χ1) is 17.0. The lowest BCUT2D eigenvalue weighted by atomic mass is 10.1. The molecule has 4 N–H and O–H groups in total. The highest BCUT2D eigenvalue weighted by molar-refractivity contribution is 5.97. The van der Waals surface area contributed by atoms with Crippen LogP contribution in [0.1, 0.15) is 40.6 Å². The van der Waals surface area contributed by atoms with E-state index in [2.05, 4.69) is 20.6 Å². The third-order valence-corrected chi connectivity index (χ3v) is 5.93. The number of benzene rings is 2. The number of nitrogen functional groups attached to an aromatic ring is 1. The van der Waals surface area contributed by atoms with E-state index in [0.29, 0.717) is 28.9 Å². The Labute approximate surface area is 198 Å². The number of hydrogen-bond acceptors (Lipinski definition) is 7. The molecule has 0 saturated carbocycles. The molecule has 0 bridgehead atoms. The second kappa shape index (κ2) is 9.18. The fourth-order valence-electron chi connectivity index (χ4n) is 4.21. The van der Waals surface area contributed by atoms with E-state index in [1.165, 1.54) is 19.2 Å². The summed E-state index contributed by atoms with van der Waals surface area (Å²) in [5.74, 6) is -0.547. The standard InChI is InChI=1S/C24H23FN6O4/c1-34-17-9-6-14(25)11-16(17)23(32)27-12-13-4-7-15(8-5-13)31-21-19(24(33)29-28-22(21)26)20(30-31)18-3-2-10-35-18/h4-9,11,18H,2-3,10,12H2,1H3,(H2,26,28)(H,27,32)(H,29,33). The van der Waals surface area contributed by atoms with Crippen LogP contribution in [0.15, 0.2) is 47.3 Å². The van der Waals surface area contributed by atoms with Crippen molar-refractivity contribution < 1.29 is 18.7 Å². The van der Waals surface area contributed by atoms with Crippen LogP contribution in [-0.2, 0) is 11.3 Å². The van der Waals surface area contributed by atoms with E-state index < -0.39 is 11.7 Å². The first-order valence-electron chi connectivity index (χ1n) is 11.1. The van der Waals surface area contributed by atoms with Crippen molar-refractivity contribution >= 4 is 22.6 Å². The molecule has 1 amide bonds. The average molecular weight is 478 g/mol. The van der Waals surface area contributed by atoms with Crippen LogP contribution in [0.5, 0.6) is 5.75 Å². The largest absolute Gasteiger partial charge is 0.496 e. The number of ether oxygens (including phenoxy) is 2. The Morgan fingerprint density at radius 3 is 2.83 bits per heavy atom. The summed E-state index contributed by atoms with van der Waals surface area (Å²) in [6, 6.07) is 11.0. The van der Waals surface area contributed by atoms with E-state index in [0.717, 1.165) is 24.5 Å². The third-order valence-electron chi connectivity index (χ3n) is 5.93. The van der Waals surface area contributed by atoms with Crippen molar-refractivity contribution in [3.05, 3.63) is 75.5 Å². The predicted molar refractivity (Wildman–Crippen MR) is 126 cm³/mol. The average Bonchev–Trinajstić information content (AvgIpc) is 3.54. The van der Waals surface area contributed by atoms with Crippen LogP contribution in [0.3, 0.4) is 0 Å². The Balaban J connectivity index is 1.41. The number of halogens is 1. The van der Waals surface area contributed by atoms with Gasteiger partial charge in [-0.2, -0.15) is 10.2 Å². The van der Waals surface area contributed by atoms with E-state index in [9.17, 15) is 14.0 Å². The number of amides is 1. The molecule has 3 heterocycles. The first-order valence-corrected chi connectivity index (χ1v) is 11.1. The lowest BCUT2D eigenvalue weighted by Crippen LogP contribution is -2.23. The Morgan fingerprint density at radius 1 is 1.31 bits per heavy atom. The summed E-state index contributed by atoms with van der Waals surface area (Å²) in [6.45, 7) is 0.822. The van der Waals surface area contributed by atoms with Crippen molar-refractivity contribution in [2.75, 3.05) is 19.5 Å². The smallest absolute Gasteiger partial charge is 0.275 e. The number of hydrogen-bond donors (Lipinski definition) is 3. The molecule has 10 nitrogen and oxygen atoms in total. The number of fused-ring (bicyclic) bond motifs is 1. The fourth-order valence-corrected chi connectivity index (χ4v) is 4.21. The molecule has 180 valence electrons. The van der Waals surface area contributed by atoms with Crippen molar-refractivity contribution in [1.82, 2.24) is 25.3 Å². The highest BCUT2D eigenvalue weighted by Crippen LogP contribution is 2.33. The maximum Gasteiger partial charge on any atom is 0.275 e. The van der Waals surface area contributed by atoms with Gasteiger partial charge in [0, 0.05) is 13.2 Å². The van der Waals surface area contributed by atoms with E-state index in [1.54, 1.807) is 16.8 Å². The van der Waals surface area contributed by atoms with E-state index in [-0.39, 0.29) is 35.3 Å². The molecule has 0 spiro atoms. The van der Waals surface area contributed by atoms with Gasteiger partial charge in [0.1, 0.15) is 28.9 Å². The van der Waals surface area contributed by atoms with Crippen LogP contribution in [0.25, 0.3) is 16.6 Å². The fraction of sp³-hybridized carbons (Fsp3) is 0.250. The number of nitrogens with zero attached hydrogens (tertiary/aromatic N) is 3. The molecule has 1 aliphatic rings. The van der Waals surface area contributed by atoms with Crippen LogP contribution < -0.4 is 21.3 Å². The van der Waals surface area contributed by atoms with Gasteiger partial charge in [-0.15, -0.1) is 0 Å². The molecule has 1 unspecified atom stereocenters. The number of aromatic nitrogens is 4. The molecule has 1 atom stereocenters. The molecule has 1 aliphatic heterocycles. The molecule has 4 aromatic rings. The maximum atomic E-state index is 13.6. The Kier molecular flexibility index (Phi) is 5.91. The molecule has 0 radical (unpaired) electrons. The Bertz CT molecular complexity index is 1460. The number of carbonyl (C=O) groups is 1. The minimum absolute atomic E-state index is 0.113. The van der Waals surface area contributed by atoms with Crippen molar-refractivity contribution in [3.63, 3.8) is 0 Å². The maximum absolute atomic E-state index is 13.6.